The summed E-state index contributed by atoms with van der Waals surface area (Å²) in [5.41, 5.74) is 0.793. The quantitative estimate of drug-likeness (QED) is 0.843. The van der Waals surface area contributed by atoms with Crippen LogP contribution >= 0.6 is 23.2 Å². The van der Waals surface area contributed by atoms with Gasteiger partial charge in [0, 0.05) is 10.0 Å². The highest BCUT2D eigenvalue weighted by molar-refractivity contribution is 6.35. The van der Waals surface area contributed by atoms with Crippen molar-refractivity contribution in [3.8, 4) is 11.5 Å². The predicted molar refractivity (Wildman–Crippen MR) is 91.5 cm³/mol. The van der Waals surface area contributed by atoms with Gasteiger partial charge in [-0.05, 0) is 36.8 Å². The van der Waals surface area contributed by atoms with Crippen molar-refractivity contribution in [2.45, 2.75) is 13.0 Å². The number of nitrogens with one attached hydrogen (secondary N) is 1. The van der Waals surface area contributed by atoms with Crippen LogP contribution in [0.2, 0.25) is 10.0 Å². The second-order valence-electron chi connectivity index (χ2n) is 4.89. The Morgan fingerprint density at radius 2 is 1.87 bits per heavy atom. The van der Waals surface area contributed by atoms with E-state index in [4.69, 9.17) is 32.7 Å². The van der Waals surface area contributed by atoms with Gasteiger partial charge in [-0.15, -0.1) is 0 Å². The van der Waals surface area contributed by atoms with Crippen molar-refractivity contribution >= 4 is 29.1 Å². The van der Waals surface area contributed by atoms with Gasteiger partial charge in [0.1, 0.15) is 0 Å². The first kappa shape index (κ1) is 17.4. The highest BCUT2D eigenvalue weighted by Gasteiger charge is 2.14. The fraction of sp³-hybridized carbons (Fsp3) is 0.235. The Labute approximate surface area is 145 Å². The number of amides is 1. The molecule has 0 bridgehead atoms. The van der Waals surface area contributed by atoms with E-state index < -0.39 is 0 Å². The van der Waals surface area contributed by atoms with Crippen LogP contribution in [0.25, 0.3) is 0 Å². The minimum Gasteiger partial charge on any atom is -0.493 e. The zero-order valence-corrected chi connectivity index (χ0v) is 14.3. The highest BCUT2D eigenvalue weighted by Crippen LogP contribution is 2.27. The number of hydrogen-bond donors (Lipinski definition) is 1. The van der Waals surface area contributed by atoms with Crippen molar-refractivity contribution in [2.75, 3.05) is 13.7 Å². The summed E-state index contributed by atoms with van der Waals surface area (Å²) in [6.07, 6.45) is 0. The molecule has 0 aliphatic carbocycles. The van der Waals surface area contributed by atoms with Crippen molar-refractivity contribution < 1.29 is 14.3 Å². The van der Waals surface area contributed by atoms with E-state index in [9.17, 15) is 4.79 Å². The molecule has 0 aromatic heterocycles. The van der Waals surface area contributed by atoms with Gasteiger partial charge in [-0.2, -0.15) is 0 Å². The number of carbonyl (C=O) groups is 1. The normalized spacial score (nSPS) is 11.7. The average Bonchev–Trinajstić information content (AvgIpc) is 2.53. The number of halogens is 2. The van der Waals surface area contributed by atoms with Crippen molar-refractivity contribution in [1.82, 2.24) is 5.32 Å². The number of carbonyl (C=O) groups excluding carboxylic acids is 1. The maximum absolute atomic E-state index is 12.0. The molecule has 23 heavy (non-hydrogen) atoms. The third kappa shape index (κ3) is 4.78. The number of methoxy groups -OCH3 is 1. The lowest BCUT2D eigenvalue weighted by Crippen LogP contribution is -2.31. The number of hydrogen-bond acceptors (Lipinski definition) is 3. The molecular formula is C17H17Cl2NO3. The van der Waals surface area contributed by atoms with Crippen LogP contribution in [-0.4, -0.2) is 19.6 Å². The fourth-order valence-corrected chi connectivity index (χ4v) is 2.67. The number of benzene rings is 2. The average molecular weight is 354 g/mol. The van der Waals surface area contributed by atoms with Gasteiger partial charge in [0.15, 0.2) is 18.1 Å². The zero-order valence-electron chi connectivity index (χ0n) is 12.8. The van der Waals surface area contributed by atoms with Crippen molar-refractivity contribution in [1.29, 1.82) is 0 Å². The van der Waals surface area contributed by atoms with Crippen LogP contribution in [0.4, 0.5) is 0 Å². The monoisotopic (exact) mass is 353 g/mol. The maximum Gasteiger partial charge on any atom is 0.258 e. The third-order valence-corrected chi connectivity index (χ3v) is 3.80. The summed E-state index contributed by atoms with van der Waals surface area (Å²) < 4.78 is 10.7. The molecule has 1 N–H and O–H groups in total. The molecule has 2 aromatic rings. The molecule has 1 amide bonds. The Hall–Kier alpha value is -1.91. The largest absolute Gasteiger partial charge is 0.493 e. The maximum atomic E-state index is 12.0. The smallest absolute Gasteiger partial charge is 0.258 e. The van der Waals surface area contributed by atoms with Crippen LogP contribution in [0.5, 0.6) is 11.5 Å². The van der Waals surface area contributed by atoms with Crippen molar-refractivity contribution in [3.63, 3.8) is 0 Å². The van der Waals surface area contributed by atoms with Gasteiger partial charge in [-0.1, -0.05) is 41.4 Å². The molecule has 1 atom stereocenters. The first-order chi connectivity index (χ1) is 11.0. The molecule has 0 radical (unpaired) electrons. The topological polar surface area (TPSA) is 47.6 Å². The van der Waals surface area contributed by atoms with E-state index in [1.807, 2.05) is 19.1 Å². The van der Waals surface area contributed by atoms with Gasteiger partial charge in [-0.3, -0.25) is 4.79 Å². The van der Waals surface area contributed by atoms with Crippen molar-refractivity contribution in [2.24, 2.45) is 0 Å². The van der Waals surface area contributed by atoms with E-state index in [2.05, 4.69) is 5.32 Å². The van der Waals surface area contributed by atoms with Gasteiger partial charge in [0.2, 0.25) is 0 Å². The van der Waals surface area contributed by atoms with Gasteiger partial charge >= 0.3 is 0 Å². The lowest BCUT2D eigenvalue weighted by atomic mass is 10.1. The summed E-state index contributed by atoms with van der Waals surface area (Å²) in [5.74, 6) is 0.839. The van der Waals surface area contributed by atoms with Crippen LogP contribution < -0.4 is 14.8 Å². The van der Waals surface area contributed by atoms with Crippen LogP contribution in [-0.2, 0) is 4.79 Å². The molecule has 6 heteroatoms. The van der Waals surface area contributed by atoms with E-state index >= 15 is 0 Å². The summed E-state index contributed by atoms with van der Waals surface area (Å²) in [7, 11) is 1.55. The summed E-state index contributed by atoms with van der Waals surface area (Å²) in [4.78, 5) is 12.0. The van der Waals surface area contributed by atoms with E-state index in [1.165, 1.54) is 0 Å². The first-order valence-electron chi connectivity index (χ1n) is 7.01. The van der Waals surface area contributed by atoms with Gasteiger partial charge in [0.25, 0.3) is 5.91 Å². The second kappa shape index (κ2) is 8.09. The predicted octanol–water partition coefficient (Wildman–Crippen LogP) is 4.26. The summed E-state index contributed by atoms with van der Waals surface area (Å²) in [6.45, 7) is 1.73. The molecule has 0 aliphatic rings. The molecule has 0 saturated heterocycles. The van der Waals surface area contributed by atoms with E-state index in [1.54, 1.807) is 37.4 Å². The molecule has 122 valence electrons. The van der Waals surface area contributed by atoms with Gasteiger partial charge in [0.05, 0.1) is 13.2 Å². The minimum atomic E-state index is -0.256. The van der Waals surface area contributed by atoms with Crippen LogP contribution in [0.15, 0.2) is 42.5 Å². The molecule has 4 nitrogen and oxygen atoms in total. The Kier molecular flexibility index (Phi) is 6.13. The number of para-hydroxylation sites is 2. The van der Waals surface area contributed by atoms with Crippen molar-refractivity contribution in [3.05, 3.63) is 58.1 Å². The fourth-order valence-electron chi connectivity index (χ4n) is 2.09. The second-order valence-corrected chi connectivity index (χ2v) is 5.74. The third-order valence-electron chi connectivity index (χ3n) is 3.23. The van der Waals surface area contributed by atoms with Gasteiger partial charge in [-0.25, -0.2) is 0 Å². The molecule has 0 heterocycles. The Morgan fingerprint density at radius 1 is 1.17 bits per heavy atom. The summed E-state index contributed by atoms with van der Waals surface area (Å²) in [5, 5.41) is 3.89. The lowest BCUT2D eigenvalue weighted by molar-refractivity contribution is -0.123. The summed E-state index contributed by atoms with van der Waals surface area (Å²) >= 11 is 12.0. The molecule has 0 unspecified atom stereocenters. The van der Waals surface area contributed by atoms with E-state index in [0.717, 1.165) is 5.56 Å². The van der Waals surface area contributed by atoms with Crippen LogP contribution in [0.3, 0.4) is 0 Å². The first-order valence-corrected chi connectivity index (χ1v) is 7.77. The molecule has 2 aromatic carbocycles. The molecule has 2 rings (SSSR count). The standard InChI is InChI=1S/C17H17Cl2NO3/c1-11(13-8-7-12(18)9-14(13)19)20-17(21)10-23-16-6-4-3-5-15(16)22-2/h3-9,11H,10H2,1-2H3,(H,20,21)/t11-/m0/s1. The zero-order chi connectivity index (χ0) is 16.8. The summed E-state index contributed by atoms with van der Waals surface area (Å²) in [6, 6.07) is 12.1. The highest BCUT2D eigenvalue weighted by atomic mass is 35.5. The minimum absolute atomic E-state index is 0.115. The molecule has 0 aliphatic heterocycles. The lowest BCUT2D eigenvalue weighted by Gasteiger charge is -2.16. The molecule has 0 spiro atoms. The molecular weight excluding hydrogens is 337 g/mol. The molecule has 0 saturated carbocycles. The Morgan fingerprint density at radius 3 is 2.52 bits per heavy atom. The van der Waals surface area contributed by atoms with E-state index in [-0.39, 0.29) is 18.6 Å². The number of rotatable bonds is 6. The number of ether oxygens (including phenoxy) is 2. The Balaban J connectivity index is 1.94. The van der Waals surface area contributed by atoms with Crippen LogP contribution in [0.1, 0.15) is 18.5 Å². The Bertz CT molecular complexity index is 691. The SMILES string of the molecule is COc1ccccc1OCC(=O)N[C@@H](C)c1ccc(Cl)cc1Cl. The van der Waals surface area contributed by atoms with Gasteiger partial charge < -0.3 is 14.8 Å². The van der Waals surface area contributed by atoms with E-state index in [0.29, 0.717) is 21.5 Å². The van der Waals surface area contributed by atoms with Crippen LogP contribution in [0, 0.1) is 0 Å². The molecule has 0 fully saturated rings.